The lowest BCUT2D eigenvalue weighted by atomic mass is 9.68. The van der Waals surface area contributed by atoms with Crippen molar-refractivity contribution in [3.63, 3.8) is 0 Å². The summed E-state index contributed by atoms with van der Waals surface area (Å²) in [5.41, 5.74) is 11.1. The number of benzene rings is 8. The average molecular weight is 696 g/mol. The van der Waals surface area contributed by atoms with Crippen LogP contribution in [0.1, 0.15) is 22.3 Å². The topological polar surface area (TPSA) is 4.93 Å². The summed E-state index contributed by atoms with van der Waals surface area (Å²) < 4.78 is 7.91. The lowest BCUT2D eigenvalue weighted by molar-refractivity contribution is 0.768. The zero-order valence-corrected chi connectivity index (χ0v) is 29.6. The lowest BCUT2D eigenvalue weighted by Gasteiger charge is -2.33. The van der Waals surface area contributed by atoms with Crippen molar-refractivity contribution in [2.75, 3.05) is 0 Å². The van der Waals surface area contributed by atoms with E-state index in [1.807, 2.05) is 22.7 Å². The first-order chi connectivity index (χ1) is 25.8. The fourth-order valence-corrected chi connectivity index (χ4v) is 11.8. The minimum absolute atomic E-state index is 0.418. The van der Waals surface area contributed by atoms with Crippen molar-refractivity contribution in [2.24, 2.45) is 0 Å². The van der Waals surface area contributed by atoms with Crippen LogP contribution in [-0.2, 0) is 5.41 Å². The molecule has 11 aromatic rings. The highest BCUT2D eigenvalue weighted by Crippen LogP contribution is 2.57. The van der Waals surface area contributed by atoms with E-state index in [2.05, 4.69) is 180 Å². The van der Waals surface area contributed by atoms with Gasteiger partial charge < -0.3 is 4.57 Å². The zero-order chi connectivity index (χ0) is 34.0. The number of hydrogen-bond acceptors (Lipinski definition) is 2. The maximum atomic E-state index is 2.54. The third kappa shape index (κ3) is 3.62. The smallest absolute Gasteiger partial charge is 0.0713 e. The second-order valence-electron chi connectivity index (χ2n) is 14.0. The highest BCUT2D eigenvalue weighted by molar-refractivity contribution is 7.27. The van der Waals surface area contributed by atoms with Crippen molar-refractivity contribution in [1.29, 1.82) is 0 Å². The first-order valence-corrected chi connectivity index (χ1v) is 19.5. The van der Waals surface area contributed by atoms with Gasteiger partial charge in [-0.1, -0.05) is 133 Å². The van der Waals surface area contributed by atoms with Gasteiger partial charge in [-0.2, -0.15) is 0 Å². The molecule has 1 nitrogen and oxygen atoms in total. The Morgan fingerprint density at radius 1 is 0.385 bits per heavy atom. The molecule has 242 valence electrons. The molecule has 0 spiro atoms. The van der Waals surface area contributed by atoms with Gasteiger partial charge in [-0.15, -0.1) is 22.7 Å². The molecular weight excluding hydrogens is 667 g/mol. The summed E-state index contributed by atoms with van der Waals surface area (Å²) in [6.07, 6.45) is 0. The molecule has 0 unspecified atom stereocenters. The van der Waals surface area contributed by atoms with Crippen molar-refractivity contribution in [3.8, 4) is 16.8 Å². The standard InChI is InChI=1S/C49H29NS2/c1-3-13-30(14-4-1)49(31-15-5-2-6-16-31)38-20-10-7-17-33(38)37-29-32(23-25-39(37)49)50-40-27-28-44-45(36-19-9-12-22-43(36)51-44)46(40)47-41(50)26-24-35-34-18-8-11-21-42(34)52-48(35)47/h1-29H. The van der Waals surface area contributed by atoms with Crippen molar-refractivity contribution < 1.29 is 0 Å². The Morgan fingerprint density at radius 3 is 1.79 bits per heavy atom. The van der Waals surface area contributed by atoms with Crippen LogP contribution in [0.15, 0.2) is 176 Å². The molecule has 0 amide bonds. The van der Waals surface area contributed by atoms with Crippen LogP contribution in [0.4, 0.5) is 0 Å². The molecule has 1 aliphatic carbocycles. The van der Waals surface area contributed by atoms with Crippen LogP contribution in [-0.4, -0.2) is 4.57 Å². The minimum atomic E-state index is -0.418. The number of nitrogens with zero attached hydrogens (tertiary/aromatic N) is 1. The summed E-state index contributed by atoms with van der Waals surface area (Å²) in [4.78, 5) is 0. The van der Waals surface area contributed by atoms with E-state index in [4.69, 9.17) is 0 Å². The fourth-order valence-electron chi connectivity index (χ4n) is 9.44. The monoisotopic (exact) mass is 695 g/mol. The highest BCUT2D eigenvalue weighted by atomic mass is 32.1. The van der Waals surface area contributed by atoms with Crippen molar-refractivity contribution in [2.45, 2.75) is 5.41 Å². The lowest BCUT2D eigenvalue weighted by Crippen LogP contribution is -2.28. The summed E-state index contributed by atoms with van der Waals surface area (Å²) in [5, 5.41) is 8.08. The third-order valence-corrected chi connectivity index (χ3v) is 13.8. The molecule has 1 aliphatic rings. The summed E-state index contributed by atoms with van der Waals surface area (Å²) in [6.45, 7) is 0. The van der Waals surface area contributed by atoms with Crippen LogP contribution in [0.3, 0.4) is 0 Å². The maximum absolute atomic E-state index is 2.54. The zero-order valence-electron chi connectivity index (χ0n) is 28.0. The molecule has 3 aromatic heterocycles. The van der Waals surface area contributed by atoms with Gasteiger partial charge in [-0.25, -0.2) is 0 Å². The molecule has 3 heteroatoms. The molecule has 0 fully saturated rings. The van der Waals surface area contributed by atoms with Gasteiger partial charge in [0.15, 0.2) is 0 Å². The van der Waals surface area contributed by atoms with Gasteiger partial charge >= 0.3 is 0 Å². The molecule has 0 atom stereocenters. The molecule has 8 aromatic carbocycles. The van der Waals surface area contributed by atoms with E-state index in [9.17, 15) is 0 Å². The molecule has 0 bridgehead atoms. The Hall–Kier alpha value is -6.00. The van der Waals surface area contributed by atoms with E-state index >= 15 is 0 Å². The number of rotatable bonds is 3. The normalized spacial score (nSPS) is 13.5. The second-order valence-corrected chi connectivity index (χ2v) is 16.1. The number of hydrogen-bond donors (Lipinski definition) is 0. The molecule has 0 saturated carbocycles. The van der Waals surface area contributed by atoms with Crippen LogP contribution in [0.25, 0.3) is 79.0 Å². The summed E-state index contributed by atoms with van der Waals surface area (Å²) in [7, 11) is 0. The van der Waals surface area contributed by atoms with Gasteiger partial charge in [0.2, 0.25) is 0 Å². The van der Waals surface area contributed by atoms with Crippen molar-refractivity contribution >= 4 is 84.8 Å². The summed E-state index contributed by atoms with van der Waals surface area (Å²) in [5.74, 6) is 0. The highest BCUT2D eigenvalue weighted by Gasteiger charge is 2.46. The average Bonchev–Trinajstić information content (AvgIpc) is 3.95. The SMILES string of the molecule is c1ccc(C2(c3ccccc3)c3ccccc3-c3cc(-n4c5ccc6c7ccccc7sc6c5c5c6c(ccc54)sc4ccccc46)ccc32)cc1. The van der Waals surface area contributed by atoms with E-state index in [1.54, 1.807) is 0 Å². The molecular formula is C49H29NS2. The quantitative estimate of drug-likeness (QED) is 0.173. The van der Waals surface area contributed by atoms with Crippen molar-refractivity contribution in [3.05, 3.63) is 198 Å². The van der Waals surface area contributed by atoms with Crippen LogP contribution in [0.5, 0.6) is 0 Å². The van der Waals surface area contributed by atoms with Gasteiger partial charge in [-0.3, -0.25) is 0 Å². The van der Waals surface area contributed by atoms with Gasteiger partial charge in [0.1, 0.15) is 0 Å². The largest absolute Gasteiger partial charge is 0.309 e. The Morgan fingerprint density at radius 2 is 1.00 bits per heavy atom. The summed E-state index contributed by atoms with van der Waals surface area (Å²) in [6, 6.07) is 65.7. The van der Waals surface area contributed by atoms with E-state index in [-0.39, 0.29) is 0 Å². The van der Waals surface area contributed by atoms with E-state index in [1.165, 1.54) is 101 Å². The van der Waals surface area contributed by atoms with E-state index < -0.39 is 5.41 Å². The number of aromatic nitrogens is 1. The first kappa shape index (κ1) is 28.7. The Kier molecular flexibility index (Phi) is 5.80. The predicted octanol–water partition coefficient (Wildman–Crippen LogP) is 13.9. The molecule has 0 aliphatic heterocycles. The fraction of sp³-hybridized carbons (Fsp3) is 0.0204. The van der Waals surface area contributed by atoms with Crippen LogP contribution in [0, 0.1) is 0 Å². The van der Waals surface area contributed by atoms with Gasteiger partial charge in [0.25, 0.3) is 0 Å². The van der Waals surface area contributed by atoms with Gasteiger partial charge in [0, 0.05) is 56.8 Å². The van der Waals surface area contributed by atoms with Crippen LogP contribution < -0.4 is 0 Å². The number of thiophene rings is 2. The summed E-state index contributed by atoms with van der Waals surface area (Å²) >= 11 is 3.83. The van der Waals surface area contributed by atoms with Gasteiger partial charge in [0.05, 0.1) is 16.4 Å². The van der Waals surface area contributed by atoms with Gasteiger partial charge in [-0.05, 0) is 75.8 Å². The molecule has 0 radical (unpaired) electrons. The second kappa shape index (κ2) is 10.5. The molecule has 12 rings (SSSR count). The van der Waals surface area contributed by atoms with E-state index in [0.717, 1.165) is 0 Å². The van der Waals surface area contributed by atoms with Crippen molar-refractivity contribution in [1.82, 2.24) is 4.57 Å². The Bertz CT molecular complexity index is 3190. The molecule has 3 heterocycles. The van der Waals surface area contributed by atoms with Crippen LogP contribution >= 0.6 is 22.7 Å². The predicted molar refractivity (Wildman–Crippen MR) is 224 cm³/mol. The van der Waals surface area contributed by atoms with Crippen LogP contribution in [0.2, 0.25) is 0 Å². The van der Waals surface area contributed by atoms with E-state index in [0.29, 0.717) is 0 Å². The minimum Gasteiger partial charge on any atom is -0.309 e. The maximum Gasteiger partial charge on any atom is 0.0713 e. The number of fused-ring (bicyclic) bond motifs is 14. The third-order valence-electron chi connectivity index (χ3n) is 11.5. The Balaban J connectivity index is 1.22. The molecule has 0 saturated heterocycles. The molecule has 0 N–H and O–H groups in total. The Labute approximate surface area is 308 Å². The first-order valence-electron chi connectivity index (χ1n) is 17.9. The molecule has 52 heavy (non-hydrogen) atoms.